The Balaban J connectivity index is 1.40. The quantitative estimate of drug-likeness (QED) is 0.235. The number of hydrogen-bond acceptors (Lipinski definition) is 5. The van der Waals surface area contributed by atoms with E-state index in [0.29, 0.717) is 17.9 Å². The molecule has 0 aliphatic carbocycles. The highest BCUT2D eigenvalue weighted by atomic mass is 16.5. The van der Waals surface area contributed by atoms with Crippen molar-refractivity contribution in [2.75, 3.05) is 13.2 Å². The first-order chi connectivity index (χ1) is 17.8. The minimum absolute atomic E-state index is 0.0212. The van der Waals surface area contributed by atoms with Gasteiger partial charge in [0.2, 0.25) is 5.91 Å². The Bertz CT molecular complexity index is 1230. The number of aryl methyl sites for hydroxylation is 1. The van der Waals surface area contributed by atoms with Crippen molar-refractivity contribution < 1.29 is 24.5 Å². The first-order valence-corrected chi connectivity index (χ1v) is 12.3. The van der Waals surface area contributed by atoms with Gasteiger partial charge in [0.05, 0.1) is 12.0 Å². The Hall–Kier alpha value is -4.17. The van der Waals surface area contributed by atoms with Crippen molar-refractivity contribution in [3.8, 4) is 16.9 Å². The standard InChI is InChI=1S/C29H31N3O5/c30-27(31)22-10-8-20(9-11-22)21-12-14-24(15-13-21)37-18-23-17-25(26(33)29(35)36)28(34)32(23)16-4-7-19-5-2-1-3-6-19/h1-3,5-6,8-15,23,25-26,33H,4,7,16-18H2,(H3,30,31)(H,35,36)/t23-,25-,26?/m0/s1. The molecule has 8 nitrogen and oxygen atoms in total. The topological polar surface area (TPSA) is 137 Å². The number of aliphatic hydroxyl groups excluding tert-OH is 1. The fourth-order valence-electron chi connectivity index (χ4n) is 4.68. The summed E-state index contributed by atoms with van der Waals surface area (Å²) in [5.74, 6) is -2.07. The summed E-state index contributed by atoms with van der Waals surface area (Å²) in [4.78, 5) is 26.0. The summed E-state index contributed by atoms with van der Waals surface area (Å²) < 4.78 is 6.00. The van der Waals surface area contributed by atoms with Gasteiger partial charge in [-0.15, -0.1) is 0 Å². The van der Waals surface area contributed by atoms with Gasteiger partial charge in [-0.3, -0.25) is 10.2 Å². The molecule has 1 amide bonds. The largest absolute Gasteiger partial charge is 0.491 e. The number of nitrogens with zero attached hydrogens (tertiary/aromatic N) is 1. The van der Waals surface area contributed by atoms with Gasteiger partial charge < -0.3 is 25.6 Å². The third kappa shape index (κ3) is 6.34. The molecule has 1 unspecified atom stereocenters. The fourth-order valence-corrected chi connectivity index (χ4v) is 4.68. The van der Waals surface area contributed by atoms with Crippen LogP contribution in [0, 0.1) is 11.3 Å². The molecule has 3 aromatic rings. The van der Waals surface area contributed by atoms with Crippen molar-refractivity contribution in [1.82, 2.24) is 4.90 Å². The number of carbonyl (C=O) groups is 2. The van der Waals surface area contributed by atoms with Crippen molar-refractivity contribution in [3.05, 3.63) is 90.0 Å². The van der Waals surface area contributed by atoms with Crippen molar-refractivity contribution in [1.29, 1.82) is 5.41 Å². The van der Waals surface area contributed by atoms with E-state index in [9.17, 15) is 19.8 Å². The van der Waals surface area contributed by atoms with E-state index in [4.69, 9.17) is 15.9 Å². The van der Waals surface area contributed by atoms with E-state index in [1.807, 2.05) is 66.7 Å². The lowest BCUT2D eigenvalue weighted by atomic mass is 9.99. The van der Waals surface area contributed by atoms with Crippen LogP contribution in [0.15, 0.2) is 78.9 Å². The number of aliphatic hydroxyl groups is 1. The molecule has 3 aromatic carbocycles. The maximum Gasteiger partial charge on any atom is 0.333 e. The molecule has 37 heavy (non-hydrogen) atoms. The maximum atomic E-state index is 13.0. The molecule has 0 radical (unpaired) electrons. The van der Waals surface area contributed by atoms with Crippen LogP contribution in [0.1, 0.15) is 24.0 Å². The van der Waals surface area contributed by atoms with Gasteiger partial charge in [-0.25, -0.2) is 4.79 Å². The Morgan fingerprint density at radius 3 is 2.24 bits per heavy atom. The van der Waals surface area contributed by atoms with Gasteiger partial charge >= 0.3 is 5.97 Å². The second-order valence-corrected chi connectivity index (χ2v) is 9.23. The highest BCUT2D eigenvalue weighted by Crippen LogP contribution is 2.29. The summed E-state index contributed by atoms with van der Waals surface area (Å²) in [6.07, 6.45) is -0.000705. The molecule has 0 spiro atoms. The zero-order valence-electron chi connectivity index (χ0n) is 20.4. The van der Waals surface area contributed by atoms with Crippen molar-refractivity contribution >= 4 is 17.7 Å². The number of benzene rings is 3. The van der Waals surface area contributed by atoms with Crippen LogP contribution in [-0.2, 0) is 16.0 Å². The monoisotopic (exact) mass is 501 g/mol. The SMILES string of the molecule is N=C(N)c1ccc(-c2ccc(OC[C@@H]3C[C@@H](C(O)C(=O)O)C(=O)N3CCCc3ccccc3)cc2)cc1. The second-order valence-electron chi connectivity index (χ2n) is 9.23. The molecule has 192 valence electrons. The predicted molar refractivity (Wildman–Crippen MR) is 140 cm³/mol. The Labute approximate surface area is 215 Å². The number of likely N-dealkylation sites (tertiary alicyclic amines) is 1. The Kier molecular flexibility index (Phi) is 8.20. The molecule has 1 aliphatic heterocycles. The lowest BCUT2D eigenvalue weighted by Crippen LogP contribution is -2.40. The highest BCUT2D eigenvalue weighted by molar-refractivity contribution is 5.95. The zero-order valence-corrected chi connectivity index (χ0v) is 20.4. The van der Waals surface area contributed by atoms with Crippen LogP contribution in [-0.4, -0.2) is 58.1 Å². The van der Waals surface area contributed by atoms with E-state index >= 15 is 0 Å². The van der Waals surface area contributed by atoms with Crippen LogP contribution in [0.3, 0.4) is 0 Å². The van der Waals surface area contributed by atoms with E-state index in [1.165, 1.54) is 5.56 Å². The Morgan fingerprint density at radius 2 is 1.65 bits per heavy atom. The molecule has 1 aliphatic rings. The number of nitrogens with two attached hydrogens (primary N) is 1. The number of amides is 1. The van der Waals surface area contributed by atoms with Crippen LogP contribution < -0.4 is 10.5 Å². The van der Waals surface area contributed by atoms with Crippen molar-refractivity contribution in [2.24, 2.45) is 11.7 Å². The smallest absolute Gasteiger partial charge is 0.333 e. The summed E-state index contributed by atoms with van der Waals surface area (Å²) in [5.41, 5.74) is 9.30. The molecular formula is C29H31N3O5. The van der Waals surface area contributed by atoms with Crippen LogP contribution in [0.2, 0.25) is 0 Å². The number of carbonyl (C=O) groups excluding carboxylic acids is 1. The molecule has 4 rings (SSSR count). The van der Waals surface area contributed by atoms with E-state index in [0.717, 1.165) is 24.0 Å². The number of carboxylic acid groups (broad SMARTS) is 1. The van der Waals surface area contributed by atoms with Crippen molar-refractivity contribution in [2.45, 2.75) is 31.4 Å². The molecule has 1 fully saturated rings. The normalized spacial score (nSPS) is 18.0. The first kappa shape index (κ1) is 25.9. The summed E-state index contributed by atoms with van der Waals surface area (Å²) in [5, 5.41) is 26.9. The van der Waals surface area contributed by atoms with Crippen LogP contribution in [0.25, 0.3) is 11.1 Å². The number of nitrogens with one attached hydrogen (secondary N) is 1. The molecule has 3 atom stereocenters. The van der Waals surface area contributed by atoms with Crippen LogP contribution in [0.5, 0.6) is 5.75 Å². The van der Waals surface area contributed by atoms with E-state index < -0.39 is 18.0 Å². The molecule has 8 heteroatoms. The molecule has 0 aromatic heterocycles. The lowest BCUT2D eigenvalue weighted by Gasteiger charge is -2.25. The van der Waals surface area contributed by atoms with Gasteiger partial charge in [-0.1, -0.05) is 66.7 Å². The minimum atomic E-state index is -1.73. The fraction of sp³-hybridized carbons (Fsp3) is 0.276. The number of rotatable bonds is 11. The second kappa shape index (κ2) is 11.7. The lowest BCUT2D eigenvalue weighted by molar-refractivity contribution is -0.153. The van der Waals surface area contributed by atoms with Gasteiger partial charge in [0.1, 0.15) is 18.2 Å². The Morgan fingerprint density at radius 1 is 1.03 bits per heavy atom. The van der Waals surface area contributed by atoms with Gasteiger partial charge in [-0.05, 0) is 48.1 Å². The summed E-state index contributed by atoms with van der Waals surface area (Å²) in [6, 6.07) is 24.6. The summed E-state index contributed by atoms with van der Waals surface area (Å²) in [7, 11) is 0. The van der Waals surface area contributed by atoms with Crippen LogP contribution in [0.4, 0.5) is 0 Å². The number of aliphatic carboxylic acids is 1. The van der Waals surface area contributed by atoms with Gasteiger partial charge in [0.15, 0.2) is 6.10 Å². The molecular weight excluding hydrogens is 470 g/mol. The molecule has 5 N–H and O–H groups in total. The van der Waals surface area contributed by atoms with Gasteiger partial charge in [0, 0.05) is 12.1 Å². The number of nitrogen functional groups attached to an aromatic ring is 1. The van der Waals surface area contributed by atoms with E-state index in [1.54, 1.807) is 17.0 Å². The third-order valence-corrected chi connectivity index (χ3v) is 6.73. The van der Waals surface area contributed by atoms with E-state index in [2.05, 4.69) is 0 Å². The molecule has 1 heterocycles. The van der Waals surface area contributed by atoms with Crippen molar-refractivity contribution in [3.63, 3.8) is 0 Å². The van der Waals surface area contributed by atoms with Crippen LogP contribution >= 0.6 is 0 Å². The number of hydrogen-bond donors (Lipinski definition) is 4. The molecule has 0 saturated carbocycles. The number of carboxylic acids is 1. The number of ether oxygens (including phenoxy) is 1. The molecule has 1 saturated heterocycles. The summed E-state index contributed by atoms with van der Waals surface area (Å²) >= 11 is 0. The minimum Gasteiger partial charge on any atom is -0.491 e. The number of amidine groups is 1. The summed E-state index contributed by atoms with van der Waals surface area (Å²) in [6.45, 7) is 0.659. The average molecular weight is 502 g/mol. The van der Waals surface area contributed by atoms with Gasteiger partial charge in [0.25, 0.3) is 0 Å². The predicted octanol–water partition coefficient (Wildman–Crippen LogP) is 3.31. The zero-order chi connectivity index (χ0) is 26.4. The average Bonchev–Trinajstić information content (AvgIpc) is 3.22. The third-order valence-electron chi connectivity index (χ3n) is 6.73. The van der Waals surface area contributed by atoms with E-state index in [-0.39, 0.29) is 30.8 Å². The molecule has 0 bridgehead atoms. The van der Waals surface area contributed by atoms with Gasteiger partial charge in [-0.2, -0.15) is 0 Å². The highest BCUT2D eigenvalue weighted by Gasteiger charge is 2.45. The maximum absolute atomic E-state index is 13.0. The first-order valence-electron chi connectivity index (χ1n) is 12.3.